The summed E-state index contributed by atoms with van der Waals surface area (Å²) in [5.74, 6) is 1.99. The van der Waals surface area contributed by atoms with Crippen LogP contribution in [0.4, 0.5) is 0 Å². The fraction of sp³-hybridized carbons (Fsp3) is 0.750. The molecule has 0 amide bonds. The van der Waals surface area contributed by atoms with Crippen molar-refractivity contribution in [3.05, 3.63) is 23.7 Å². The lowest BCUT2D eigenvalue weighted by molar-refractivity contribution is 0.153. The first-order valence-corrected chi connectivity index (χ1v) is 7.45. The molecule has 0 spiro atoms. The quantitative estimate of drug-likeness (QED) is 0.908. The molecule has 1 fully saturated rings. The minimum atomic E-state index is 0.0896. The van der Waals surface area contributed by atoms with E-state index in [2.05, 4.69) is 31.7 Å². The molecule has 2 rings (SSSR count). The van der Waals surface area contributed by atoms with Gasteiger partial charge in [-0.1, -0.05) is 13.8 Å². The smallest absolute Gasteiger partial charge is 0.122 e. The third-order valence-corrected chi connectivity index (χ3v) is 4.32. The molecule has 2 heterocycles. The number of rotatable bonds is 3. The number of nitrogens with zero attached hydrogens (tertiary/aromatic N) is 1. The van der Waals surface area contributed by atoms with Crippen molar-refractivity contribution in [2.75, 3.05) is 13.1 Å². The highest BCUT2D eigenvalue weighted by molar-refractivity contribution is 5.12. The van der Waals surface area contributed by atoms with Gasteiger partial charge in [0.2, 0.25) is 0 Å². The van der Waals surface area contributed by atoms with Gasteiger partial charge in [0.25, 0.3) is 0 Å². The first-order valence-electron chi connectivity index (χ1n) is 7.45. The van der Waals surface area contributed by atoms with Crippen LogP contribution in [0.25, 0.3) is 0 Å². The summed E-state index contributed by atoms with van der Waals surface area (Å²) in [6.07, 6.45) is 3.78. The molecule has 1 aromatic rings. The van der Waals surface area contributed by atoms with Gasteiger partial charge in [0.15, 0.2) is 0 Å². The predicted molar refractivity (Wildman–Crippen MR) is 79.0 cm³/mol. The number of nitrogens with two attached hydrogens (primary N) is 1. The van der Waals surface area contributed by atoms with Crippen molar-refractivity contribution in [2.45, 2.75) is 59.0 Å². The van der Waals surface area contributed by atoms with Crippen molar-refractivity contribution in [1.29, 1.82) is 0 Å². The van der Waals surface area contributed by atoms with Gasteiger partial charge in [-0.25, -0.2) is 0 Å². The van der Waals surface area contributed by atoms with Gasteiger partial charge in [-0.2, -0.15) is 0 Å². The second-order valence-electron chi connectivity index (χ2n) is 6.81. The fourth-order valence-corrected chi connectivity index (χ4v) is 3.11. The van der Waals surface area contributed by atoms with Crippen LogP contribution in [0.5, 0.6) is 0 Å². The summed E-state index contributed by atoms with van der Waals surface area (Å²) in [7, 11) is 0. The molecule has 1 aliphatic rings. The van der Waals surface area contributed by atoms with E-state index >= 15 is 0 Å². The molecule has 2 N–H and O–H groups in total. The fourth-order valence-electron chi connectivity index (χ4n) is 3.11. The van der Waals surface area contributed by atoms with Gasteiger partial charge < -0.3 is 10.2 Å². The van der Waals surface area contributed by atoms with E-state index in [0.717, 1.165) is 24.6 Å². The Bertz CT molecular complexity index is 409. The van der Waals surface area contributed by atoms with E-state index in [1.807, 2.05) is 13.0 Å². The molecule has 0 aliphatic carbocycles. The lowest BCUT2D eigenvalue weighted by atomic mass is 9.85. The average Bonchev–Trinajstić information content (AvgIpc) is 2.63. The van der Waals surface area contributed by atoms with Crippen LogP contribution in [-0.4, -0.2) is 24.0 Å². The first-order chi connectivity index (χ1) is 8.89. The number of likely N-dealkylation sites (tertiary alicyclic amines) is 1. The molecule has 0 aromatic carbocycles. The van der Waals surface area contributed by atoms with Crippen LogP contribution in [-0.2, 0) is 0 Å². The molecule has 3 heteroatoms. The van der Waals surface area contributed by atoms with Crippen molar-refractivity contribution in [2.24, 2.45) is 11.1 Å². The zero-order valence-corrected chi connectivity index (χ0v) is 12.8. The normalized spacial score (nSPS) is 23.8. The second kappa shape index (κ2) is 5.68. The standard InChI is InChI=1S/C16H28N2O/c1-12-6-7-14(19-12)15(13(2)17)18-10-5-8-16(3,4)9-11-18/h6-7,13,15H,5,8-11,17H2,1-4H3. The van der Waals surface area contributed by atoms with Crippen LogP contribution in [0.3, 0.4) is 0 Å². The third kappa shape index (κ3) is 3.61. The van der Waals surface area contributed by atoms with E-state index in [1.54, 1.807) is 0 Å². The molecule has 0 bridgehead atoms. The zero-order chi connectivity index (χ0) is 14.0. The molecule has 1 aliphatic heterocycles. The highest BCUT2D eigenvalue weighted by Crippen LogP contribution is 2.34. The summed E-state index contributed by atoms with van der Waals surface area (Å²) >= 11 is 0. The van der Waals surface area contributed by atoms with Gasteiger partial charge in [0.05, 0.1) is 6.04 Å². The Kier molecular flexibility index (Phi) is 4.36. The number of aryl methyl sites for hydroxylation is 1. The average molecular weight is 264 g/mol. The van der Waals surface area contributed by atoms with Gasteiger partial charge in [-0.3, -0.25) is 4.90 Å². The molecule has 0 radical (unpaired) electrons. The van der Waals surface area contributed by atoms with Crippen LogP contribution in [0, 0.1) is 12.3 Å². The van der Waals surface area contributed by atoms with Crippen molar-refractivity contribution >= 4 is 0 Å². The van der Waals surface area contributed by atoms with Crippen molar-refractivity contribution in [1.82, 2.24) is 4.90 Å². The van der Waals surface area contributed by atoms with Crippen LogP contribution in [0.15, 0.2) is 16.5 Å². The van der Waals surface area contributed by atoms with Crippen molar-refractivity contribution in [3.63, 3.8) is 0 Å². The highest BCUT2D eigenvalue weighted by Gasteiger charge is 2.31. The Morgan fingerprint density at radius 3 is 2.58 bits per heavy atom. The molecule has 19 heavy (non-hydrogen) atoms. The lowest BCUT2D eigenvalue weighted by Gasteiger charge is -2.32. The minimum absolute atomic E-state index is 0.0896. The Morgan fingerprint density at radius 2 is 2.00 bits per heavy atom. The van der Waals surface area contributed by atoms with Crippen LogP contribution >= 0.6 is 0 Å². The third-order valence-electron chi connectivity index (χ3n) is 4.32. The summed E-state index contributed by atoms with van der Waals surface area (Å²) < 4.78 is 5.83. The zero-order valence-electron chi connectivity index (χ0n) is 12.8. The molecule has 3 nitrogen and oxygen atoms in total. The van der Waals surface area contributed by atoms with Gasteiger partial charge in [-0.15, -0.1) is 0 Å². The Morgan fingerprint density at radius 1 is 1.26 bits per heavy atom. The highest BCUT2D eigenvalue weighted by atomic mass is 16.3. The van der Waals surface area contributed by atoms with Crippen LogP contribution < -0.4 is 5.73 Å². The number of furan rings is 1. The molecule has 2 atom stereocenters. The molecular formula is C16H28N2O. The predicted octanol–water partition coefficient (Wildman–Crippen LogP) is 3.49. The SMILES string of the molecule is Cc1ccc(C(C(C)N)N2CCCC(C)(C)CC2)o1. The first kappa shape index (κ1) is 14.6. The maximum absolute atomic E-state index is 6.23. The van der Waals surface area contributed by atoms with Crippen molar-refractivity contribution in [3.8, 4) is 0 Å². The summed E-state index contributed by atoms with van der Waals surface area (Å²) in [4.78, 5) is 2.51. The topological polar surface area (TPSA) is 42.4 Å². The Labute approximate surface area is 117 Å². The van der Waals surface area contributed by atoms with Crippen LogP contribution in [0.1, 0.15) is 57.6 Å². The van der Waals surface area contributed by atoms with Gasteiger partial charge >= 0.3 is 0 Å². The summed E-state index contributed by atoms with van der Waals surface area (Å²) in [5, 5.41) is 0. The molecule has 2 unspecified atom stereocenters. The molecular weight excluding hydrogens is 236 g/mol. The maximum atomic E-state index is 6.23. The van der Waals surface area contributed by atoms with Gasteiger partial charge in [0, 0.05) is 6.04 Å². The van der Waals surface area contributed by atoms with E-state index < -0.39 is 0 Å². The van der Waals surface area contributed by atoms with Crippen molar-refractivity contribution < 1.29 is 4.42 Å². The van der Waals surface area contributed by atoms with E-state index in [4.69, 9.17) is 10.2 Å². The van der Waals surface area contributed by atoms with E-state index in [-0.39, 0.29) is 12.1 Å². The van der Waals surface area contributed by atoms with Gasteiger partial charge in [0.1, 0.15) is 11.5 Å². The number of hydrogen-bond acceptors (Lipinski definition) is 3. The summed E-state index contributed by atoms with van der Waals surface area (Å²) in [6.45, 7) is 11.0. The maximum Gasteiger partial charge on any atom is 0.122 e. The van der Waals surface area contributed by atoms with Gasteiger partial charge in [-0.05, 0) is 63.7 Å². The summed E-state index contributed by atoms with van der Waals surface area (Å²) in [5.41, 5.74) is 6.68. The monoisotopic (exact) mass is 264 g/mol. The minimum Gasteiger partial charge on any atom is -0.465 e. The second-order valence-corrected chi connectivity index (χ2v) is 6.81. The van der Waals surface area contributed by atoms with E-state index in [1.165, 1.54) is 19.3 Å². The Hall–Kier alpha value is -0.800. The van der Waals surface area contributed by atoms with Crippen LogP contribution in [0.2, 0.25) is 0 Å². The molecule has 108 valence electrons. The lowest BCUT2D eigenvalue weighted by Crippen LogP contribution is -2.40. The molecule has 0 saturated carbocycles. The Balaban J connectivity index is 2.15. The number of hydrogen-bond donors (Lipinski definition) is 1. The van der Waals surface area contributed by atoms with E-state index in [0.29, 0.717) is 5.41 Å². The van der Waals surface area contributed by atoms with E-state index in [9.17, 15) is 0 Å². The largest absolute Gasteiger partial charge is 0.465 e. The molecule has 1 aromatic heterocycles. The molecule has 1 saturated heterocycles. The summed E-state index contributed by atoms with van der Waals surface area (Å²) in [6, 6.07) is 4.42.